The standard InChI is InChI=1S/C17H18FNO4/c1-2-22-16(20)15-8-7-14(23-15)9-19-10-17(21,11-19)12-3-5-13(18)6-4-12/h3-8,21H,2,9-11H2,1H3. The van der Waals surface area contributed by atoms with Crippen molar-refractivity contribution in [1.29, 1.82) is 0 Å². The summed E-state index contributed by atoms with van der Waals surface area (Å²) in [7, 11) is 0. The smallest absolute Gasteiger partial charge is 0.374 e. The molecule has 122 valence electrons. The van der Waals surface area contributed by atoms with Gasteiger partial charge in [-0.2, -0.15) is 0 Å². The van der Waals surface area contributed by atoms with Gasteiger partial charge in [-0.3, -0.25) is 4.90 Å². The number of hydrogen-bond acceptors (Lipinski definition) is 5. The van der Waals surface area contributed by atoms with Crippen LogP contribution in [-0.4, -0.2) is 35.7 Å². The number of likely N-dealkylation sites (tertiary alicyclic amines) is 1. The van der Waals surface area contributed by atoms with Crippen molar-refractivity contribution in [2.24, 2.45) is 0 Å². The van der Waals surface area contributed by atoms with Gasteiger partial charge in [-0.25, -0.2) is 9.18 Å². The molecule has 1 aliphatic rings. The fraction of sp³-hybridized carbons (Fsp3) is 0.353. The molecule has 1 aromatic heterocycles. The lowest BCUT2D eigenvalue weighted by molar-refractivity contribution is -0.109. The second kappa shape index (κ2) is 6.14. The van der Waals surface area contributed by atoms with Gasteiger partial charge in [0.05, 0.1) is 13.2 Å². The maximum atomic E-state index is 12.9. The molecule has 2 heterocycles. The number of benzene rings is 1. The molecule has 2 aromatic rings. The number of rotatable bonds is 5. The maximum Gasteiger partial charge on any atom is 0.374 e. The largest absolute Gasteiger partial charge is 0.460 e. The van der Waals surface area contributed by atoms with Gasteiger partial charge in [-0.05, 0) is 36.8 Å². The van der Waals surface area contributed by atoms with E-state index in [4.69, 9.17) is 9.15 Å². The van der Waals surface area contributed by atoms with Crippen LogP contribution in [-0.2, 0) is 16.9 Å². The summed E-state index contributed by atoms with van der Waals surface area (Å²) in [4.78, 5) is 13.5. The topological polar surface area (TPSA) is 62.9 Å². The second-order valence-corrected chi connectivity index (χ2v) is 5.67. The van der Waals surface area contributed by atoms with Gasteiger partial charge in [0.1, 0.15) is 17.2 Å². The molecular formula is C17H18FNO4. The van der Waals surface area contributed by atoms with Crippen molar-refractivity contribution in [2.45, 2.75) is 19.1 Å². The van der Waals surface area contributed by atoms with Gasteiger partial charge < -0.3 is 14.3 Å². The van der Waals surface area contributed by atoms with E-state index >= 15 is 0 Å². The minimum Gasteiger partial charge on any atom is -0.460 e. The summed E-state index contributed by atoms with van der Waals surface area (Å²) in [5.41, 5.74) is -0.272. The molecule has 3 rings (SSSR count). The zero-order valence-electron chi connectivity index (χ0n) is 12.8. The van der Waals surface area contributed by atoms with E-state index in [-0.39, 0.29) is 11.6 Å². The van der Waals surface area contributed by atoms with Gasteiger partial charge in [0.15, 0.2) is 0 Å². The van der Waals surface area contributed by atoms with E-state index in [9.17, 15) is 14.3 Å². The number of carbonyl (C=O) groups is 1. The molecule has 0 saturated carbocycles. The van der Waals surface area contributed by atoms with Crippen LogP contribution in [0, 0.1) is 5.82 Å². The van der Waals surface area contributed by atoms with E-state index in [0.29, 0.717) is 37.6 Å². The Labute approximate surface area is 133 Å². The molecule has 1 fully saturated rings. The van der Waals surface area contributed by atoms with Crippen molar-refractivity contribution in [3.8, 4) is 0 Å². The highest BCUT2D eigenvalue weighted by atomic mass is 19.1. The van der Waals surface area contributed by atoms with E-state index in [1.54, 1.807) is 31.2 Å². The third-order valence-corrected chi connectivity index (χ3v) is 3.87. The Kier molecular flexibility index (Phi) is 4.19. The summed E-state index contributed by atoms with van der Waals surface area (Å²) < 4.78 is 23.3. The van der Waals surface area contributed by atoms with Crippen LogP contribution in [0.3, 0.4) is 0 Å². The monoisotopic (exact) mass is 319 g/mol. The lowest BCUT2D eigenvalue weighted by Crippen LogP contribution is -2.58. The number of nitrogens with zero attached hydrogens (tertiary/aromatic N) is 1. The van der Waals surface area contributed by atoms with Crippen molar-refractivity contribution >= 4 is 5.97 Å². The van der Waals surface area contributed by atoms with Crippen LogP contribution in [0.25, 0.3) is 0 Å². The van der Waals surface area contributed by atoms with E-state index < -0.39 is 11.6 Å². The first kappa shape index (κ1) is 15.7. The maximum absolute atomic E-state index is 12.9. The fourth-order valence-corrected chi connectivity index (χ4v) is 2.74. The Morgan fingerprint density at radius 2 is 2.00 bits per heavy atom. The molecule has 23 heavy (non-hydrogen) atoms. The van der Waals surface area contributed by atoms with Crippen LogP contribution >= 0.6 is 0 Å². The minimum absolute atomic E-state index is 0.177. The Balaban J connectivity index is 1.58. The van der Waals surface area contributed by atoms with Crippen molar-refractivity contribution in [3.63, 3.8) is 0 Å². The van der Waals surface area contributed by atoms with Gasteiger partial charge >= 0.3 is 5.97 Å². The highest BCUT2D eigenvalue weighted by Crippen LogP contribution is 2.33. The summed E-state index contributed by atoms with van der Waals surface area (Å²) in [6.07, 6.45) is 0. The van der Waals surface area contributed by atoms with E-state index in [1.165, 1.54) is 12.1 Å². The van der Waals surface area contributed by atoms with Crippen LogP contribution in [0.1, 0.15) is 28.8 Å². The zero-order chi connectivity index (χ0) is 16.4. The van der Waals surface area contributed by atoms with Gasteiger partial charge in [0.25, 0.3) is 0 Å². The summed E-state index contributed by atoms with van der Waals surface area (Å²) >= 11 is 0. The summed E-state index contributed by atoms with van der Waals surface area (Å²) in [5.74, 6) is 0.00571. The van der Waals surface area contributed by atoms with Gasteiger partial charge in [0, 0.05) is 13.1 Å². The predicted octanol–water partition coefficient (Wildman–Crippen LogP) is 2.30. The molecule has 0 bridgehead atoms. The van der Waals surface area contributed by atoms with E-state index in [1.807, 2.05) is 4.90 Å². The average molecular weight is 319 g/mol. The molecule has 0 spiro atoms. The number of aliphatic hydroxyl groups is 1. The normalized spacial score (nSPS) is 16.8. The molecule has 6 heteroatoms. The molecule has 0 unspecified atom stereocenters. The number of β-amino-alcohol motifs (C(OH)–C–C–N with tert-alkyl or cyclic N) is 1. The molecule has 0 atom stereocenters. The SMILES string of the molecule is CCOC(=O)c1ccc(CN2CC(O)(c3ccc(F)cc3)C2)o1. The number of ether oxygens (including phenoxy) is 1. The Bertz CT molecular complexity index is 689. The quantitative estimate of drug-likeness (QED) is 0.857. The van der Waals surface area contributed by atoms with Crippen molar-refractivity contribution < 1.29 is 23.4 Å². The average Bonchev–Trinajstić information content (AvgIpc) is 2.95. The minimum atomic E-state index is -0.968. The Hall–Kier alpha value is -2.18. The molecule has 1 aliphatic heterocycles. The highest BCUT2D eigenvalue weighted by Gasteiger charge is 2.42. The third kappa shape index (κ3) is 3.28. The number of carbonyl (C=O) groups excluding carboxylic acids is 1. The highest BCUT2D eigenvalue weighted by molar-refractivity contribution is 5.86. The number of halogens is 1. The number of hydrogen-bond donors (Lipinski definition) is 1. The first-order valence-electron chi connectivity index (χ1n) is 7.47. The zero-order valence-corrected chi connectivity index (χ0v) is 12.8. The fourth-order valence-electron chi connectivity index (χ4n) is 2.74. The summed E-state index contributed by atoms with van der Waals surface area (Å²) in [6, 6.07) is 9.18. The van der Waals surface area contributed by atoms with Crippen molar-refractivity contribution in [1.82, 2.24) is 4.90 Å². The molecule has 0 radical (unpaired) electrons. The van der Waals surface area contributed by atoms with Gasteiger partial charge in [-0.1, -0.05) is 12.1 Å². The molecule has 1 aromatic carbocycles. The van der Waals surface area contributed by atoms with Gasteiger partial charge in [-0.15, -0.1) is 0 Å². The van der Waals surface area contributed by atoms with Gasteiger partial charge in [0.2, 0.25) is 5.76 Å². The van der Waals surface area contributed by atoms with Crippen molar-refractivity contribution in [3.05, 3.63) is 59.3 Å². The molecule has 0 amide bonds. The lowest BCUT2D eigenvalue weighted by Gasteiger charge is -2.46. The Morgan fingerprint density at radius 3 is 2.65 bits per heavy atom. The molecular weight excluding hydrogens is 301 g/mol. The second-order valence-electron chi connectivity index (χ2n) is 5.67. The molecule has 0 aliphatic carbocycles. The van der Waals surface area contributed by atoms with Crippen LogP contribution in [0.4, 0.5) is 4.39 Å². The van der Waals surface area contributed by atoms with E-state index in [2.05, 4.69) is 0 Å². The first-order valence-corrected chi connectivity index (χ1v) is 7.47. The molecule has 1 N–H and O–H groups in total. The summed E-state index contributed by atoms with van der Waals surface area (Å²) in [6.45, 7) is 3.37. The molecule has 5 nitrogen and oxygen atoms in total. The van der Waals surface area contributed by atoms with Crippen LogP contribution in [0.5, 0.6) is 0 Å². The summed E-state index contributed by atoms with van der Waals surface area (Å²) in [5, 5.41) is 10.5. The third-order valence-electron chi connectivity index (χ3n) is 3.87. The van der Waals surface area contributed by atoms with Crippen LogP contribution in [0.2, 0.25) is 0 Å². The first-order chi connectivity index (χ1) is 11.0. The lowest BCUT2D eigenvalue weighted by atomic mass is 9.86. The predicted molar refractivity (Wildman–Crippen MR) is 80.2 cm³/mol. The van der Waals surface area contributed by atoms with Crippen LogP contribution in [0.15, 0.2) is 40.8 Å². The number of esters is 1. The molecule has 1 saturated heterocycles. The Morgan fingerprint density at radius 1 is 1.30 bits per heavy atom. The van der Waals surface area contributed by atoms with E-state index in [0.717, 1.165) is 0 Å². The van der Waals surface area contributed by atoms with Crippen LogP contribution < -0.4 is 0 Å². The number of furan rings is 1. The van der Waals surface area contributed by atoms with Crippen molar-refractivity contribution in [2.75, 3.05) is 19.7 Å².